The van der Waals surface area contributed by atoms with Crippen LogP contribution >= 0.6 is 0 Å². The second kappa shape index (κ2) is 10.7. The van der Waals surface area contributed by atoms with E-state index in [4.69, 9.17) is 8.85 Å². The molecule has 4 aliphatic rings. The van der Waals surface area contributed by atoms with Crippen LogP contribution in [0.25, 0.3) is 0 Å². The van der Waals surface area contributed by atoms with Gasteiger partial charge in [0.2, 0.25) is 0 Å². The Kier molecular flexibility index (Phi) is 8.77. The molecule has 2 nitrogen and oxygen atoms in total. The van der Waals surface area contributed by atoms with E-state index in [0.717, 1.165) is 29.6 Å². The van der Waals surface area contributed by atoms with Crippen LogP contribution in [0.3, 0.4) is 0 Å². The third kappa shape index (κ3) is 6.29. The van der Waals surface area contributed by atoms with Gasteiger partial charge in [-0.2, -0.15) is 0 Å². The monoisotopic (exact) mass is 560 g/mol. The van der Waals surface area contributed by atoms with Gasteiger partial charge in [-0.15, -0.1) is 0 Å². The molecular formula is C34H64O2Si2. The van der Waals surface area contributed by atoms with Gasteiger partial charge in [-0.05, 0) is 157 Å². The van der Waals surface area contributed by atoms with Crippen molar-refractivity contribution < 1.29 is 8.85 Å². The average Bonchev–Trinajstić information content (AvgIpc) is 3.12. The normalized spacial score (nSPS) is 39.6. The Morgan fingerprint density at radius 2 is 1.58 bits per heavy atom. The third-order valence-corrected chi connectivity index (χ3v) is 14.3. The SMILES string of the molecule is CC(CCC(C)C(C)(C)O[Si](C)(C)C)C1CCC2C3CC=C4CC(O[Si](C)(C)C)CCC4(C)C3CCC12C. The molecule has 0 aromatic rings. The average molecular weight is 561 g/mol. The molecule has 0 radical (unpaired) electrons. The van der Waals surface area contributed by atoms with Crippen LogP contribution in [0.5, 0.6) is 0 Å². The summed E-state index contributed by atoms with van der Waals surface area (Å²) < 4.78 is 13.2. The van der Waals surface area contributed by atoms with Gasteiger partial charge in [-0.25, -0.2) is 0 Å². The molecule has 4 rings (SSSR count). The molecule has 0 bridgehead atoms. The molecule has 4 heteroatoms. The fourth-order valence-corrected chi connectivity index (χ4v) is 13.1. The third-order valence-electron chi connectivity index (χ3n) is 12.2. The molecule has 0 amide bonds. The smallest absolute Gasteiger partial charge is 0.184 e. The van der Waals surface area contributed by atoms with Gasteiger partial charge >= 0.3 is 0 Å². The van der Waals surface area contributed by atoms with E-state index >= 15 is 0 Å². The van der Waals surface area contributed by atoms with Gasteiger partial charge < -0.3 is 8.85 Å². The molecule has 0 saturated heterocycles. The van der Waals surface area contributed by atoms with Crippen LogP contribution < -0.4 is 0 Å². The van der Waals surface area contributed by atoms with Gasteiger partial charge in [0.1, 0.15) is 0 Å². The van der Waals surface area contributed by atoms with Crippen LogP contribution in [0.2, 0.25) is 39.3 Å². The summed E-state index contributed by atoms with van der Waals surface area (Å²) in [4.78, 5) is 0. The molecule has 9 atom stereocenters. The number of hydrogen-bond donors (Lipinski definition) is 0. The number of hydrogen-bond acceptors (Lipinski definition) is 2. The lowest BCUT2D eigenvalue weighted by Gasteiger charge is -2.58. The molecule has 4 aliphatic carbocycles. The maximum absolute atomic E-state index is 6.62. The van der Waals surface area contributed by atoms with Crippen molar-refractivity contribution in [1.29, 1.82) is 0 Å². The van der Waals surface area contributed by atoms with Gasteiger partial charge in [0.05, 0.1) is 5.60 Å². The molecule has 0 N–H and O–H groups in total. The minimum absolute atomic E-state index is 0.00887. The van der Waals surface area contributed by atoms with E-state index in [9.17, 15) is 0 Å². The van der Waals surface area contributed by atoms with Crippen molar-refractivity contribution >= 4 is 16.6 Å². The molecule has 0 heterocycles. The van der Waals surface area contributed by atoms with Crippen molar-refractivity contribution in [2.24, 2.45) is 46.3 Å². The summed E-state index contributed by atoms with van der Waals surface area (Å²) >= 11 is 0. The van der Waals surface area contributed by atoms with Crippen LogP contribution in [0.4, 0.5) is 0 Å². The fourth-order valence-electron chi connectivity index (χ4n) is 10.2. The predicted molar refractivity (Wildman–Crippen MR) is 169 cm³/mol. The Morgan fingerprint density at radius 1 is 0.895 bits per heavy atom. The first-order chi connectivity index (χ1) is 17.4. The Bertz CT molecular complexity index is 867. The topological polar surface area (TPSA) is 18.5 Å². The lowest BCUT2D eigenvalue weighted by molar-refractivity contribution is -0.0570. The van der Waals surface area contributed by atoms with E-state index in [-0.39, 0.29) is 5.60 Å². The quantitative estimate of drug-likeness (QED) is 0.206. The van der Waals surface area contributed by atoms with Crippen LogP contribution in [0.15, 0.2) is 11.6 Å². The Hall–Kier alpha value is 0.0938. The second-order valence-electron chi connectivity index (χ2n) is 17.4. The predicted octanol–water partition coefficient (Wildman–Crippen LogP) is 10.5. The van der Waals surface area contributed by atoms with Gasteiger partial charge in [0, 0.05) is 6.10 Å². The summed E-state index contributed by atoms with van der Waals surface area (Å²) in [6, 6.07) is 0. The summed E-state index contributed by atoms with van der Waals surface area (Å²) in [5.74, 6) is 5.09. The highest BCUT2D eigenvalue weighted by atomic mass is 28.4. The zero-order valence-corrected chi connectivity index (χ0v) is 29.5. The minimum atomic E-state index is -1.53. The minimum Gasteiger partial charge on any atom is -0.414 e. The molecule has 0 aliphatic heterocycles. The highest BCUT2D eigenvalue weighted by molar-refractivity contribution is 6.70. The molecular weight excluding hydrogens is 497 g/mol. The van der Waals surface area contributed by atoms with Crippen LogP contribution in [-0.4, -0.2) is 28.3 Å². The van der Waals surface area contributed by atoms with Crippen molar-refractivity contribution in [2.75, 3.05) is 0 Å². The van der Waals surface area contributed by atoms with Crippen molar-refractivity contribution in [1.82, 2.24) is 0 Å². The fraction of sp³-hybridized carbons (Fsp3) is 0.941. The van der Waals surface area contributed by atoms with Gasteiger partial charge in [-0.1, -0.05) is 45.8 Å². The van der Waals surface area contributed by atoms with Crippen molar-refractivity contribution in [3.8, 4) is 0 Å². The first-order valence-electron chi connectivity index (χ1n) is 16.4. The first kappa shape index (κ1) is 31.0. The lowest BCUT2D eigenvalue weighted by atomic mass is 9.47. The summed E-state index contributed by atoms with van der Waals surface area (Å²) in [7, 11) is -3.01. The number of rotatable bonds is 9. The standard InChI is InChI=1S/C34H64O2Si2/c1-24(13-14-25(2)32(3,4)36-38(10,11)12)29-17-18-30-28-16-15-26-23-27(35-37(7,8)9)19-21-33(26,5)31(28)20-22-34(29,30)6/h15,24-25,27-31H,13-14,16-23H2,1-12H3. The van der Waals surface area contributed by atoms with Gasteiger partial charge in [0.25, 0.3) is 0 Å². The molecule has 3 fully saturated rings. The van der Waals surface area contributed by atoms with E-state index in [2.05, 4.69) is 86.9 Å². The van der Waals surface area contributed by atoms with E-state index in [0.29, 0.717) is 22.9 Å². The molecule has 3 saturated carbocycles. The summed E-state index contributed by atoms with van der Waals surface area (Å²) in [6.45, 7) is 29.2. The van der Waals surface area contributed by atoms with Crippen molar-refractivity contribution in [2.45, 2.75) is 157 Å². The van der Waals surface area contributed by atoms with E-state index in [1.165, 1.54) is 64.2 Å². The highest BCUT2D eigenvalue weighted by Gasteiger charge is 2.59. The van der Waals surface area contributed by atoms with Crippen LogP contribution in [-0.2, 0) is 8.85 Å². The molecule has 0 aromatic carbocycles. The Labute approximate surface area is 239 Å². The summed E-state index contributed by atoms with van der Waals surface area (Å²) in [5.41, 5.74) is 2.75. The van der Waals surface area contributed by atoms with Crippen molar-refractivity contribution in [3.63, 3.8) is 0 Å². The summed E-state index contributed by atoms with van der Waals surface area (Å²) in [5, 5.41) is 0. The maximum atomic E-state index is 6.62. The number of fused-ring (bicyclic) bond motifs is 5. The van der Waals surface area contributed by atoms with Crippen LogP contribution in [0.1, 0.15) is 106 Å². The first-order valence-corrected chi connectivity index (χ1v) is 23.2. The van der Waals surface area contributed by atoms with Crippen molar-refractivity contribution in [3.05, 3.63) is 11.6 Å². The van der Waals surface area contributed by atoms with E-state index in [1.54, 1.807) is 5.57 Å². The molecule has 38 heavy (non-hydrogen) atoms. The second-order valence-corrected chi connectivity index (χ2v) is 26.2. The van der Waals surface area contributed by atoms with E-state index < -0.39 is 16.6 Å². The number of allylic oxidation sites excluding steroid dienone is 1. The molecule has 9 unspecified atom stereocenters. The molecule has 0 spiro atoms. The Morgan fingerprint density at radius 3 is 2.21 bits per heavy atom. The molecule has 220 valence electrons. The van der Waals surface area contributed by atoms with Gasteiger partial charge in [0.15, 0.2) is 16.6 Å². The maximum Gasteiger partial charge on any atom is 0.184 e. The summed E-state index contributed by atoms with van der Waals surface area (Å²) in [6.07, 6.45) is 16.9. The van der Waals surface area contributed by atoms with Crippen LogP contribution in [0, 0.1) is 46.3 Å². The highest BCUT2D eigenvalue weighted by Crippen LogP contribution is 2.67. The largest absolute Gasteiger partial charge is 0.414 e. The molecule has 0 aromatic heterocycles. The van der Waals surface area contributed by atoms with Gasteiger partial charge in [-0.3, -0.25) is 0 Å². The lowest BCUT2D eigenvalue weighted by Crippen LogP contribution is -2.51. The zero-order chi connectivity index (χ0) is 28.3. The van der Waals surface area contributed by atoms with E-state index in [1.807, 2.05) is 0 Å². The zero-order valence-electron chi connectivity index (χ0n) is 27.5. The Balaban J connectivity index is 1.41.